The van der Waals surface area contributed by atoms with E-state index in [0.717, 1.165) is 15.9 Å². The Labute approximate surface area is 218 Å². The van der Waals surface area contributed by atoms with E-state index in [1.54, 1.807) is 4.90 Å². The maximum atomic E-state index is 14.0. The molecule has 0 spiro atoms. The molecule has 7 heteroatoms. The van der Waals surface area contributed by atoms with Gasteiger partial charge in [-0.2, -0.15) is 0 Å². The summed E-state index contributed by atoms with van der Waals surface area (Å²) in [4.78, 5) is 30.0. The summed E-state index contributed by atoms with van der Waals surface area (Å²) < 4.78 is 5.51. The Morgan fingerprint density at radius 2 is 1.08 bits per heavy atom. The summed E-state index contributed by atoms with van der Waals surface area (Å²) in [5, 5.41) is 2.88. The fourth-order valence-corrected chi connectivity index (χ4v) is 10.6. The van der Waals surface area contributed by atoms with Crippen LogP contribution < -0.4 is 15.9 Å². The van der Waals surface area contributed by atoms with Gasteiger partial charge < -0.3 is 0 Å². The van der Waals surface area contributed by atoms with E-state index in [1.807, 2.05) is 117 Å². The molecule has 3 aromatic carbocycles. The first-order chi connectivity index (χ1) is 17.1. The number of ether oxygens (including phenoxy) is 1. The fraction of sp³-hybridized carbons (Fsp3) is 0.310. The van der Waals surface area contributed by atoms with Crippen molar-refractivity contribution in [2.24, 2.45) is 0 Å². The van der Waals surface area contributed by atoms with Gasteiger partial charge in [0.15, 0.2) is 0 Å². The van der Waals surface area contributed by atoms with Gasteiger partial charge in [-0.25, -0.2) is 0 Å². The summed E-state index contributed by atoms with van der Waals surface area (Å²) in [6.07, 6.45) is -0.179. The molecular weight excluding hydrogens is 491 g/mol. The Kier molecular flexibility index (Phi) is 7.45. The second kappa shape index (κ2) is 10.2. The van der Waals surface area contributed by atoms with E-state index in [2.05, 4.69) is 0 Å². The van der Waals surface area contributed by atoms with Gasteiger partial charge in [0.25, 0.3) is 0 Å². The van der Waals surface area contributed by atoms with Crippen molar-refractivity contribution < 1.29 is 14.3 Å². The summed E-state index contributed by atoms with van der Waals surface area (Å²) >= 11 is 8.04. The summed E-state index contributed by atoms with van der Waals surface area (Å²) in [6.45, 7) is 7.31. The van der Waals surface area contributed by atoms with E-state index < -0.39 is 11.6 Å². The molecule has 190 valence electrons. The van der Waals surface area contributed by atoms with Crippen molar-refractivity contribution in [1.82, 2.24) is 9.80 Å². The average Bonchev–Trinajstić information content (AvgIpc) is 2.89. The van der Waals surface area contributed by atoms with Crippen molar-refractivity contribution in [1.29, 1.82) is 0 Å². The number of piperazine rings is 1. The van der Waals surface area contributed by atoms with E-state index in [0.29, 0.717) is 26.2 Å². The third-order valence-corrected chi connectivity index (χ3v) is 13.7. The molecule has 1 aliphatic heterocycles. The van der Waals surface area contributed by atoms with Gasteiger partial charge in [0.1, 0.15) is 0 Å². The van der Waals surface area contributed by atoms with Crippen LogP contribution in [-0.2, 0) is 9.53 Å². The van der Waals surface area contributed by atoms with Crippen LogP contribution in [0.25, 0.3) is 0 Å². The quantitative estimate of drug-likeness (QED) is 0.453. The number of carbonyl (C=O) groups excluding carboxylic acids is 2. The number of amides is 2. The van der Waals surface area contributed by atoms with Gasteiger partial charge in [0, 0.05) is 0 Å². The molecule has 4 rings (SSSR count). The predicted molar refractivity (Wildman–Crippen MR) is 150 cm³/mol. The van der Waals surface area contributed by atoms with E-state index in [1.165, 1.54) is 0 Å². The summed E-state index contributed by atoms with van der Waals surface area (Å²) in [5.41, 5.74) is -0.555. The molecule has 5 nitrogen and oxygen atoms in total. The Hall–Kier alpha value is -2.88. The van der Waals surface area contributed by atoms with Gasteiger partial charge in [-0.05, 0) is 0 Å². The molecule has 0 radical (unpaired) electrons. The zero-order valence-corrected chi connectivity index (χ0v) is 22.8. The summed E-state index contributed by atoms with van der Waals surface area (Å²) in [7, 11) is 0. The molecule has 36 heavy (non-hydrogen) atoms. The second-order valence-electron chi connectivity index (χ2n) is 10.2. The second-order valence-corrected chi connectivity index (χ2v) is 16.7. The van der Waals surface area contributed by atoms with Crippen LogP contribution in [0.3, 0.4) is 0 Å². The molecule has 1 fully saturated rings. The molecule has 2 amide bonds. The van der Waals surface area contributed by atoms with Crippen molar-refractivity contribution in [2.45, 2.75) is 26.4 Å². The zero-order valence-electron chi connectivity index (χ0n) is 21.1. The number of nitrogens with zero attached hydrogens (tertiary/aromatic N) is 2. The molecule has 0 unspecified atom stereocenters. The number of carbonyl (C=O) groups is 2. The van der Waals surface area contributed by atoms with Crippen molar-refractivity contribution in [3.05, 3.63) is 91.0 Å². The Morgan fingerprint density at radius 1 is 0.722 bits per heavy atom. The first-order valence-electron chi connectivity index (χ1n) is 12.3. The molecule has 0 bridgehead atoms. The number of benzene rings is 3. The first-order valence-corrected chi connectivity index (χ1v) is 15.6. The maximum absolute atomic E-state index is 14.0. The molecule has 0 atom stereocenters. The van der Waals surface area contributed by atoms with Crippen molar-refractivity contribution in [3.63, 3.8) is 0 Å². The minimum absolute atomic E-state index is 0.0111. The number of halogens is 1. The van der Waals surface area contributed by atoms with Crippen LogP contribution in [0.1, 0.15) is 20.8 Å². The van der Waals surface area contributed by atoms with E-state index in [4.69, 9.17) is 16.0 Å². The van der Waals surface area contributed by atoms with Gasteiger partial charge in [-0.3, -0.25) is 0 Å². The van der Waals surface area contributed by atoms with Crippen molar-refractivity contribution >= 4 is 45.1 Å². The van der Waals surface area contributed by atoms with Gasteiger partial charge >= 0.3 is 219 Å². The van der Waals surface area contributed by atoms with Gasteiger partial charge in [-0.15, -0.1) is 0 Å². The van der Waals surface area contributed by atoms with Gasteiger partial charge in [-0.1, -0.05) is 0 Å². The number of hydrogen-bond acceptors (Lipinski definition) is 3. The first kappa shape index (κ1) is 26.2. The number of hydrogen-bond donors (Lipinski definition) is 0. The molecule has 1 saturated heterocycles. The van der Waals surface area contributed by atoms with Crippen LogP contribution in [0.15, 0.2) is 91.0 Å². The van der Waals surface area contributed by atoms with Crippen molar-refractivity contribution in [2.75, 3.05) is 32.3 Å². The fourth-order valence-electron chi connectivity index (χ4n) is 4.76. The molecule has 0 saturated carbocycles. The van der Waals surface area contributed by atoms with Crippen LogP contribution in [-0.4, -0.2) is 59.7 Å². The third kappa shape index (κ3) is 5.14. The molecule has 3 aromatic rings. The third-order valence-electron chi connectivity index (χ3n) is 6.60. The number of rotatable bonds is 5. The Balaban J connectivity index is 1.69. The standard InChI is InChI=1S/C29H34ClN2O3P/c1-29(2,3)35-28(34)32-21-19-31(20-22-32)27(33)23-36(30,24-13-7-4-8-14-24,25-15-9-5-10-16-25)26-17-11-6-12-18-26/h4-18H,19-23H2,1-3H3. The van der Waals surface area contributed by atoms with Crippen LogP contribution in [0.2, 0.25) is 0 Å². The van der Waals surface area contributed by atoms with E-state index >= 15 is 0 Å². The molecular formula is C29H34ClN2O3P. The topological polar surface area (TPSA) is 49.9 Å². The van der Waals surface area contributed by atoms with E-state index in [9.17, 15) is 9.59 Å². The summed E-state index contributed by atoms with van der Waals surface area (Å²) in [6, 6.07) is 30.0. The zero-order chi connectivity index (χ0) is 25.8. The van der Waals surface area contributed by atoms with Crippen LogP contribution in [0.5, 0.6) is 0 Å². The normalized spacial score (nSPS) is 15.6. The van der Waals surface area contributed by atoms with Crippen LogP contribution >= 0.6 is 17.2 Å². The molecule has 0 N–H and O–H groups in total. The molecule has 0 aromatic heterocycles. The predicted octanol–water partition coefficient (Wildman–Crippen LogP) is 4.75. The molecule has 1 aliphatic rings. The van der Waals surface area contributed by atoms with Crippen LogP contribution in [0, 0.1) is 0 Å². The SMILES string of the molecule is CC(C)(C)OC(=O)N1CCN(C(=O)CP(Cl)(c2ccccc2)(c2ccccc2)c2ccccc2)CC1. The molecule has 0 aliphatic carbocycles. The van der Waals surface area contributed by atoms with Gasteiger partial charge in [0.2, 0.25) is 0 Å². The van der Waals surface area contributed by atoms with E-state index in [-0.39, 0.29) is 18.2 Å². The monoisotopic (exact) mass is 524 g/mol. The van der Waals surface area contributed by atoms with Crippen molar-refractivity contribution in [3.8, 4) is 0 Å². The minimum atomic E-state index is -3.69. The Bertz CT molecular complexity index is 1090. The van der Waals surface area contributed by atoms with Gasteiger partial charge in [0.05, 0.1) is 0 Å². The Morgan fingerprint density at radius 3 is 1.44 bits per heavy atom. The summed E-state index contributed by atoms with van der Waals surface area (Å²) in [5.74, 6) is -3.70. The van der Waals surface area contributed by atoms with Crippen LogP contribution in [0.4, 0.5) is 4.79 Å². The molecule has 1 heterocycles. The average molecular weight is 525 g/mol.